The van der Waals surface area contributed by atoms with Crippen molar-refractivity contribution in [2.24, 2.45) is 0 Å². The van der Waals surface area contributed by atoms with E-state index in [0.717, 1.165) is 28.3 Å². The molecular formula is C22H24N4O5. The van der Waals surface area contributed by atoms with Crippen LogP contribution in [0, 0.1) is 6.92 Å². The third-order valence-electron chi connectivity index (χ3n) is 4.79. The Hall–Kier alpha value is -3.88. The predicted octanol–water partition coefficient (Wildman–Crippen LogP) is 3.90. The molecule has 9 heteroatoms. The van der Waals surface area contributed by atoms with Gasteiger partial charge in [0.05, 0.1) is 21.3 Å². The number of aromatic nitrogens is 2. The lowest BCUT2D eigenvalue weighted by Crippen LogP contribution is -2.06. The summed E-state index contributed by atoms with van der Waals surface area (Å²) in [7, 11) is 4.73. The summed E-state index contributed by atoms with van der Waals surface area (Å²) < 4.78 is 27.0. The van der Waals surface area contributed by atoms with Gasteiger partial charge in [-0.2, -0.15) is 4.98 Å². The first-order valence-electron chi connectivity index (χ1n) is 9.64. The summed E-state index contributed by atoms with van der Waals surface area (Å²) in [5.74, 6) is 4.30. The zero-order valence-corrected chi connectivity index (χ0v) is 17.8. The minimum atomic E-state index is 0.253. The number of ether oxygens (including phenoxy) is 5. The first kappa shape index (κ1) is 20.4. The van der Waals surface area contributed by atoms with E-state index in [-0.39, 0.29) is 6.79 Å². The molecule has 1 aromatic heterocycles. The number of rotatable bonds is 8. The van der Waals surface area contributed by atoms with Crippen molar-refractivity contribution >= 4 is 17.5 Å². The normalized spacial score (nSPS) is 11.7. The van der Waals surface area contributed by atoms with Crippen molar-refractivity contribution in [1.29, 1.82) is 0 Å². The van der Waals surface area contributed by atoms with E-state index in [1.165, 1.54) is 0 Å². The Morgan fingerprint density at radius 1 is 0.968 bits per heavy atom. The fourth-order valence-electron chi connectivity index (χ4n) is 3.18. The molecule has 162 valence electrons. The van der Waals surface area contributed by atoms with Crippen LogP contribution in [0.15, 0.2) is 36.5 Å². The van der Waals surface area contributed by atoms with Crippen LogP contribution in [0.1, 0.15) is 11.1 Å². The highest BCUT2D eigenvalue weighted by Gasteiger charge is 2.15. The van der Waals surface area contributed by atoms with Crippen LogP contribution in [-0.2, 0) is 6.54 Å². The molecule has 31 heavy (non-hydrogen) atoms. The van der Waals surface area contributed by atoms with Gasteiger partial charge in [0.1, 0.15) is 5.82 Å². The van der Waals surface area contributed by atoms with Crippen LogP contribution in [0.4, 0.5) is 17.5 Å². The summed E-state index contributed by atoms with van der Waals surface area (Å²) in [4.78, 5) is 8.98. The molecular weight excluding hydrogens is 400 g/mol. The van der Waals surface area contributed by atoms with E-state index >= 15 is 0 Å². The Labute approximate surface area is 180 Å². The molecule has 9 nitrogen and oxygen atoms in total. The monoisotopic (exact) mass is 424 g/mol. The largest absolute Gasteiger partial charge is 0.493 e. The lowest BCUT2D eigenvalue weighted by atomic mass is 10.2. The Morgan fingerprint density at radius 2 is 1.71 bits per heavy atom. The van der Waals surface area contributed by atoms with E-state index in [1.54, 1.807) is 27.5 Å². The van der Waals surface area contributed by atoms with Crippen molar-refractivity contribution < 1.29 is 23.7 Å². The first-order valence-corrected chi connectivity index (χ1v) is 9.64. The number of anilines is 3. The molecule has 4 rings (SSSR count). The van der Waals surface area contributed by atoms with E-state index in [9.17, 15) is 0 Å². The van der Waals surface area contributed by atoms with Crippen LogP contribution in [-0.4, -0.2) is 38.1 Å². The molecule has 1 aliphatic rings. The zero-order chi connectivity index (χ0) is 21.8. The van der Waals surface area contributed by atoms with Gasteiger partial charge in [0.2, 0.25) is 18.5 Å². The topological polar surface area (TPSA) is 96.0 Å². The minimum absolute atomic E-state index is 0.253. The van der Waals surface area contributed by atoms with Gasteiger partial charge in [0, 0.05) is 36.1 Å². The number of hydrogen-bond donors (Lipinski definition) is 2. The van der Waals surface area contributed by atoms with Crippen LogP contribution in [0.2, 0.25) is 0 Å². The molecule has 0 amide bonds. The van der Waals surface area contributed by atoms with Crippen LogP contribution in [0.3, 0.4) is 0 Å². The average Bonchev–Trinajstić information content (AvgIpc) is 3.26. The predicted molar refractivity (Wildman–Crippen MR) is 116 cm³/mol. The summed E-state index contributed by atoms with van der Waals surface area (Å²) in [6.07, 6.45) is 1.76. The van der Waals surface area contributed by atoms with Crippen LogP contribution >= 0.6 is 0 Å². The Kier molecular flexibility index (Phi) is 5.83. The maximum Gasteiger partial charge on any atom is 0.231 e. The SMILES string of the molecule is COc1cc(Nc2nc(NCc3ccc4c(c3)OCO4)ncc2C)cc(OC)c1OC. The number of nitrogens with one attached hydrogen (secondary N) is 2. The van der Waals surface area contributed by atoms with Gasteiger partial charge in [0.15, 0.2) is 23.0 Å². The highest BCUT2D eigenvalue weighted by Crippen LogP contribution is 2.40. The number of benzene rings is 2. The van der Waals surface area contributed by atoms with Gasteiger partial charge in [-0.15, -0.1) is 0 Å². The van der Waals surface area contributed by atoms with Crippen molar-refractivity contribution in [3.05, 3.63) is 47.7 Å². The van der Waals surface area contributed by atoms with Crippen LogP contribution < -0.4 is 34.3 Å². The van der Waals surface area contributed by atoms with Crippen molar-refractivity contribution in [2.45, 2.75) is 13.5 Å². The fourth-order valence-corrected chi connectivity index (χ4v) is 3.18. The second-order valence-electron chi connectivity index (χ2n) is 6.81. The van der Waals surface area contributed by atoms with Gasteiger partial charge < -0.3 is 34.3 Å². The number of hydrogen-bond acceptors (Lipinski definition) is 9. The zero-order valence-electron chi connectivity index (χ0n) is 17.8. The highest BCUT2D eigenvalue weighted by atomic mass is 16.7. The van der Waals surface area contributed by atoms with Crippen molar-refractivity contribution in [3.8, 4) is 28.7 Å². The molecule has 0 bridgehead atoms. The van der Waals surface area contributed by atoms with E-state index in [4.69, 9.17) is 23.7 Å². The molecule has 0 aliphatic carbocycles. The van der Waals surface area contributed by atoms with Crippen molar-refractivity contribution in [1.82, 2.24) is 9.97 Å². The number of nitrogens with zero attached hydrogens (tertiary/aromatic N) is 2. The molecule has 0 radical (unpaired) electrons. The van der Waals surface area contributed by atoms with Crippen molar-refractivity contribution in [3.63, 3.8) is 0 Å². The third kappa shape index (κ3) is 4.35. The fraction of sp³-hybridized carbons (Fsp3) is 0.273. The van der Waals surface area contributed by atoms with Crippen LogP contribution in [0.5, 0.6) is 28.7 Å². The summed E-state index contributed by atoms with van der Waals surface area (Å²) in [5, 5.41) is 6.54. The molecule has 0 saturated carbocycles. The Bertz CT molecular complexity index is 1060. The molecule has 2 aromatic carbocycles. The van der Waals surface area contributed by atoms with Gasteiger partial charge >= 0.3 is 0 Å². The summed E-state index contributed by atoms with van der Waals surface area (Å²) in [5.41, 5.74) is 2.67. The van der Waals surface area contributed by atoms with Gasteiger partial charge in [-0.05, 0) is 24.6 Å². The van der Waals surface area contributed by atoms with Gasteiger partial charge in [0.25, 0.3) is 0 Å². The Balaban J connectivity index is 1.52. The summed E-state index contributed by atoms with van der Waals surface area (Å²) in [6, 6.07) is 9.46. The van der Waals surface area contributed by atoms with E-state index in [1.807, 2.05) is 37.3 Å². The lowest BCUT2D eigenvalue weighted by molar-refractivity contribution is 0.174. The smallest absolute Gasteiger partial charge is 0.231 e. The van der Waals surface area contributed by atoms with Gasteiger partial charge in [-0.1, -0.05) is 6.07 Å². The van der Waals surface area contributed by atoms with E-state index in [0.29, 0.717) is 35.6 Å². The molecule has 0 unspecified atom stereocenters. The molecule has 2 heterocycles. The maximum absolute atomic E-state index is 5.43. The highest BCUT2D eigenvalue weighted by molar-refractivity contribution is 5.68. The molecule has 1 aliphatic heterocycles. The molecule has 0 fully saturated rings. The summed E-state index contributed by atoms with van der Waals surface area (Å²) in [6.45, 7) is 2.73. The lowest BCUT2D eigenvalue weighted by Gasteiger charge is -2.16. The Morgan fingerprint density at radius 3 is 2.42 bits per heavy atom. The molecule has 0 saturated heterocycles. The quantitative estimate of drug-likeness (QED) is 0.558. The number of aryl methyl sites for hydroxylation is 1. The third-order valence-corrected chi connectivity index (χ3v) is 4.79. The minimum Gasteiger partial charge on any atom is -0.493 e. The molecule has 2 N–H and O–H groups in total. The molecule has 0 atom stereocenters. The molecule has 0 spiro atoms. The van der Waals surface area contributed by atoms with Crippen molar-refractivity contribution in [2.75, 3.05) is 38.8 Å². The average molecular weight is 424 g/mol. The van der Waals surface area contributed by atoms with Gasteiger partial charge in [-0.3, -0.25) is 0 Å². The maximum atomic E-state index is 5.43. The standard InChI is InChI=1S/C22H24N4O5/c1-13-10-23-22(24-11-14-5-6-16-17(7-14)31-12-30-16)26-21(13)25-15-8-18(27-2)20(29-4)19(9-15)28-3/h5-10H,11-12H2,1-4H3,(H2,23,24,25,26). The second kappa shape index (κ2) is 8.86. The number of methoxy groups -OCH3 is 3. The first-order chi connectivity index (χ1) is 15.1. The summed E-state index contributed by atoms with van der Waals surface area (Å²) >= 11 is 0. The van der Waals surface area contributed by atoms with E-state index in [2.05, 4.69) is 20.6 Å². The van der Waals surface area contributed by atoms with Gasteiger partial charge in [-0.25, -0.2) is 4.98 Å². The molecule has 3 aromatic rings. The second-order valence-corrected chi connectivity index (χ2v) is 6.81. The van der Waals surface area contributed by atoms with E-state index < -0.39 is 0 Å². The van der Waals surface area contributed by atoms with Crippen LogP contribution in [0.25, 0.3) is 0 Å². The number of fused-ring (bicyclic) bond motifs is 1.